The molecule has 21 heavy (non-hydrogen) atoms. The SMILES string of the molecule is CCC1(C(=O)O)CCCN(C(C)c2ccc(F)cc2F)C1. The van der Waals surface area contributed by atoms with Crippen molar-refractivity contribution in [3.05, 3.63) is 35.4 Å². The lowest BCUT2D eigenvalue weighted by Gasteiger charge is -2.42. The minimum Gasteiger partial charge on any atom is -0.481 e. The van der Waals surface area contributed by atoms with Crippen LogP contribution in [0.15, 0.2) is 18.2 Å². The van der Waals surface area contributed by atoms with Crippen LogP contribution in [0.5, 0.6) is 0 Å². The maximum Gasteiger partial charge on any atom is 0.310 e. The molecule has 2 unspecified atom stereocenters. The molecule has 116 valence electrons. The maximum atomic E-state index is 13.9. The van der Waals surface area contributed by atoms with Crippen molar-refractivity contribution in [1.29, 1.82) is 0 Å². The average Bonchev–Trinajstić information content (AvgIpc) is 2.46. The first-order valence-electron chi connectivity index (χ1n) is 7.32. The first-order valence-corrected chi connectivity index (χ1v) is 7.32. The van der Waals surface area contributed by atoms with Crippen LogP contribution in [-0.2, 0) is 4.79 Å². The second-order valence-corrected chi connectivity index (χ2v) is 5.85. The third-order valence-electron chi connectivity index (χ3n) is 4.70. The molecule has 3 nitrogen and oxygen atoms in total. The van der Waals surface area contributed by atoms with Crippen LogP contribution in [-0.4, -0.2) is 29.1 Å². The van der Waals surface area contributed by atoms with Crippen molar-refractivity contribution in [2.24, 2.45) is 5.41 Å². The number of halogens is 2. The fourth-order valence-corrected chi connectivity index (χ4v) is 3.15. The van der Waals surface area contributed by atoms with E-state index < -0.39 is 23.0 Å². The molecular weight excluding hydrogens is 276 g/mol. The van der Waals surface area contributed by atoms with Gasteiger partial charge in [0.15, 0.2) is 0 Å². The van der Waals surface area contributed by atoms with E-state index in [0.717, 1.165) is 19.0 Å². The summed E-state index contributed by atoms with van der Waals surface area (Å²) < 4.78 is 26.9. The monoisotopic (exact) mass is 297 g/mol. The molecule has 2 rings (SSSR count). The van der Waals surface area contributed by atoms with Gasteiger partial charge >= 0.3 is 5.97 Å². The van der Waals surface area contributed by atoms with Gasteiger partial charge in [-0.05, 0) is 38.8 Å². The van der Waals surface area contributed by atoms with Gasteiger partial charge in [-0.25, -0.2) is 8.78 Å². The first kappa shape index (κ1) is 15.9. The Bertz CT molecular complexity index is 535. The normalized spacial score (nSPS) is 24.8. The third-order valence-corrected chi connectivity index (χ3v) is 4.70. The fraction of sp³-hybridized carbons (Fsp3) is 0.562. The molecule has 0 aromatic heterocycles. The molecule has 1 aliphatic heterocycles. The Morgan fingerprint density at radius 2 is 2.19 bits per heavy atom. The summed E-state index contributed by atoms with van der Waals surface area (Å²) in [5, 5.41) is 9.50. The Kier molecular flexibility index (Phi) is 4.61. The Morgan fingerprint density at radius 1 is 1.48 bits per heavy atom. The van der Waals surface area contributed by atoms with Gasteiger partial charge in [0.1, 0.15) is 11.6 Å². The molecule has 0 amide bonds. The lowest BCUT2D eigenvalue weighted by atomic mass is 9.77. The van der Waals surface area contributed by atoms with Gasteiger partial charge in [0, 0.05) is 24.2 Å². The van der Waals surface area contributed by atoms with Crippen LogP contribution >= 0.6 is 0 Å². The number of carboxylic acid groups (broad SMARTS) is 1. The van der Waals surface area contributed by atoms with Gasteiger partial charge in [0.25, 0.3) is 0 Å². The van der Waals surface area contributed by atoms with Gasteiger partial charge in [-0.2, -0.15) is 0 Å². The Hall–Kier alpha value is -1.49. The highest BCUT2D eigenvalue weighted by Crippen LogP contribution is 2.37. The highest BCUT2D eigenvalue weighted by atomic mass is 19.1. The number of aliphatic carboxylic acids is 1. The molecular formula is C16H21F2NO2. The first-order chi connectivity index (χ1) is 9.89. The van der Waals surface area contributed by atoms with Crippen LogP contribution in [0.1, 0.15) is 44.7 Å². The Balaban J connectivity index is 2.22. The van der Waals surface area contributed by atoms with Crippen molar-refractivity contribution in [3.8, 4) is 0 Å². The molecule has 1 heterocycles. The summed E-state index contributed by atoms with van der Waals surface area (Å²) in [6, 6.07) is 3.29. The number of piperidine rings is 1. The molecule has 0 spiro atoms. The predicted octanol–water partition coefficient (Wildman–Crippen LogP) is 3.60. The van der Waals surface area contributed by atoms with Crippen molar-refractivity contribution in [3.63, 3.8) is 0 Å². The number of carboxylic acids is 1. The number of benzene rings is 1. The molecule has 1 aromatic carbocycles. The van der Waals surface area contributed by atoms with Gasteiger partial charge in [0.2, 0.25) is 0 Å². The standard InChI is InChI=1S/C16H21F2NO2/c1-3-16(15(20)21)7-4-8-19(10-16)11(2)13-6-5-12(17)9-14(13)18/h5-6,9,11H,3-4,7-8,10H2,1-2H3,(H,20,21). The molecule has 0 saturated carbocycles. The van der Waals surface area contributed by atoms with Gasteiger partial charge in [-0.3, -0.25) is 9.69 Å². The highest BCUT2D eigenvalue weighted by molar-refractivity contribution is 5.75. The van der Waals surface area contributed by atoms with E-state index in [4.69, 9.17) is 0 Å². The fourth-order valence-electron chi connectivity index (χ4n) is 3.15. The van der Waals surface area contributed by atoms with E-state index in [9.17, 15) is 18.7 Å². The zero-order valence-electron chi connectivity index (χ0n) is 12.4. The van der Waals surface area contributed by atoms with E-state index in [-0.39, 0.29) is 6.04 Å². The van der Waals surface area contributed by atoms with Crippen LogP contribution in [0, 0.1) is 17.0 Å². The summed E-state index contributed by atoms with van der Waals surface area (Å²) in [6.45, 7) is 4.84. The summed E-state index contributed by atoms with van der Waals surface area (Å²) in [6.07, 6.45) is 1.97. The molecule has 1 fully saturated rings. The summed E-state index contributed by atoms with van der Waals surface area (Å²) in [5.41, 5.74) is -0.350. The third kappa shape index (κ3) is 3.07. The van der Waals surface area contributed by atoms with E-state index in [2.05, 4.69) is 0 Å². The Morgan fingerprint density at radius 3 is 2.76 bits per heavy atom. The quantitative estimate of drug-likeness (QED) is 0.923. The second kappa shape index (κ2) is 6.10. The maximum absolute atomic E-state index is 13.9. The van der Waals surface area contributed by atoms with Crippen molar-refractivity contribution < 1.29 is 18.7 Å². The lowest BCUT2D eigenvalue weighted by Crippen LogP contribution is -2.48. The molecule has 0 aliphatic carbocycles. The largest absolute Gasteiger partial charge is 0.481 e. The van der Waals surface area contributed by atoms with Crippen LogP contribution in [0.25, 0.3) is 0 Å². The summed E-state index contributed by atoms with van der Waals surface area (Å²) in [4.78, 5) is 13.6. The summed E-state index contributed by atoms with van der Waals surface area (Å²) in [7, 11) is 0. The van der Waals surface area contributed by atoms with Crippen LogP contribution in [0.4, 0.5) is 8.78 Å². The van der Waals surface area contributed by atoms with Crippen molar-refractivity contribution in [1.82, 2.24) is 4.90 Å². The van der Waals surface area contributed by atoms with E-state index in [1.165, 1.54) is 12.1 Å². The zero-order chi connectivity index (χ0) is 15.6. The van der Waals surface area contributed by atoms with Crippen LogP contribution < -0.4 is 0 Å². The number of carbonyl (C=O) groups is 1. The molecule has 1 aliphatic rings. The number of hydrogen-bond acceptors (Lipinski definition) is 2. The minimum atomic E-state index is -0.790. The minimum absolute atomic E-state index is 0.267. The molecule has 2 atom stereocenters. The second-order valence-electron chi connectivity index (χ2n) is 5.85. The average molecular weight is 297 g/mol. The van der Waals surface area contributed by atoms with E-state index in [0.29, 0.717) is 24.9 Å². The van der Waals surface area contributed by atoms with Crippen molar-refractivity contribution in [2.75, 3.05) is 13.1 Å². The lowest BCUT2D eigenvalue weighted by molar-refractivity contribution is -0.153. The van der Waals surface area contributed by atoms with Gasteiger partial charge in [0.05, 0.1) is 5.41 Å². The van der Waals surface area contributed by atoms with Crippen molar-refractivity contribution in [2.45, 2.75) is 39.2 Å². The summed E-state index contributed by atoms with van der Waals surface area (Å²) >= 11 is 0. The molecule has 0 radical (unpaired) electrons. The zero-order valence-corrected chi connectivity index (χ0v) is 12.4. The highest BCUT2D eigenvalue weighted by Gasteiger charge is 2.42. The van der Waals surface area contributed by atoms with E-state index in [1.807, 2.05) is 18.7 Å². The number of hydrogen-bond donors (Lipinski definition) is 1. The van der Waals surface area contributed by atoms with Gasteiger partial charge in [-0.1, -0.05) is 13.0 Å². The number of rotatable bonds is 4. The number of likely N-dealkylation sites (tertiary alicyclic amines) is 1. The molecule has 1 N–H and O–H groups in total. The number of nitrogens with zero attached hydrogens (tertiary/aromatic N) is 1. The molecule has 5 heteroatoms. The van der Waals surface area contributed by atoms with Crippen molar-refractivity contribution >= 4 is 5.97 Å². The van der Waals surface area contributed by atoms with Gasteiger partial charge in [-0.15, -0.1) is 0 Å². The van der Waals surface area contributed by atoms with Gasteiger partial charge < -0.3 is 5.11 Å². The predicted molar refractivity (Wildman–Crippen MR) is 75.9 cm³/mol. The molecule has 0 bridgehead atoms. The van der Waals surface area contributed by atoms with E-state index >= 15 is 0 Å². The topological polar surface area (TPSA) is 40.5 Å². The summed E-state index contributed by atoms with van der Waals surface area (Å²) in [5.74, 6) is -1.97. The molecule has 1 saturated heterocycles. The van der Waals surface area contributed by atoms with Crippen LogP contribution in [0.2, 0.25) is 0 Å². The Labute approximate surface area is 123 Å². The smallest absolute Gasteiger partial charge is 0.310 e. The van der Waals surface area contributed by atoms with E-state index in [1.54, 1.807) is 0 Å². The molecule has 1 aromatic rings. The van der Waals surface area contributed by atoms with Crippen LogP contribution in [0.3, 0.4) is 0 Å².